The Bertz CT molecular complexity index is 1050. The molecule has 0 saturated carbocycles. The lowest BCUT2D eigenvalue weighted by atomic mass is 10.0. The van der Waals surface area contributed by atoms with Crippen molar-refractivity contribution in [2.75, 3.05) is 13.2 Å². The van der Waals surface area contributed by atoms with Gasteiger partial charge in [0, 0.05) is 12.8 Å². The molecule has 0 fully saturated rings. The van der Waals surface area contributed by atoms with E-state index in [-0.39, 0.29) is 18.5 Å². The van der Waals surface area contributed by atoms with Crippen LogP contribution in [0.4, 0.5) is 0 Å². The molecule has 0 rings (SSSR count). The average molecular weight is 1030 g/mol. The molecule has 1 amide bonds. The molecule has 6 nitrogen and oxygen atoms in total. The van der Waals surface area contributed by atoms with Gasteiger partial charge in [-0.3, -0.25) is 9.59 Å². The molecule has 0 spiro atoms. The van der Waals surface area contributed by atoms with Crippen LogP contribution in [0.1, 0.15) is 393 Å². The van der Waals surface area contributed by atoms with E-state index in [0.717, 1.165) is 38.5 Å². The van der Waals surface area contributed by atoms with E-state index in [1.807, 2.05) is 0 Å². The van der Waals surface area contributed by atoms with Crippen LogP contribution in [0.3, 0.4) is 0 Å². The van der Waals surface area contributed by atoms with Crippen molar-refractivity contribution in [2.45, 2.75) is 405 Å². The second-order valence-corrected chi connectivity index (χ2v) is 23.5. The quantitative estimate of drug-likeness (QED) is 0.0417. The third kappa shape index (κ3) is 60.0. The van der Waals surface area contributed by atoms with Crippen LogP contribution in [-0.2, 0) is 14.3 Å². The Morgan fingerprint density at radius 1 is 0.329 bits per heavy atom. The first kappa shape index (κ1) is 71.9. The van der Waals surface area contributed by atoms with E-state index in [0.29, 0.717) is 25.9 Å². The molecule has 0 radical (unpaired) electrons. The molecule has 2 unspecified atom stereocenters. The van der Waals surface area contributed by atoms with E-state index < -0.39 is 12.1 Å². The van der Waals surface area contributed by atoms with Crippen LogP contribution < -0.4 is 5.32 Å². The molecule has 0 bridgehead atoms. The zero-order valence-corrected chi connectivity index (χ0v) is 49.9. The highest BCUT2D eigenvalue weighted by Gasteiger charge is 2.20. The zero-order valence-electron chi connectivity index (χ0n) is 49.9. The van der Waals surface area contributed by atoms with Crippen LogP contribution in [0.2, 0.25) is 0 Å². The van der Waals surface area contributed by atoms with Crippen molar-refractivity contribution in [3.05, 3.63) is 0 Å². The third-order valence-electron chi connectivity index (χ3n) is 16.2. The maximum atomic E-state index is 12.5. The summed E-state index contributed by atoms with van der Waals surface area (Å²) in [5.41, 5.74) is 0. The number of carbonyl (C=O) groups excluding carboxylic acids is 2. The number of esters is 1. The fourth-order valence-corrected chi connectivity index (χ4v) is 11.0. The highest BCUT2D eigenvalue weighted by atomic mass is 16.5. The Hall–Kier alpha value is -1.14. The minimum Gasteiger partial charge on any atom is -0.466 e. The molecule has 0 aromatic rings. The zero-order chi connectivity index (χ0) is 52.9. The van der Waals surface area contributed by atoms with Gasteiger partial charge < -0.3 is 20.3 Å². The molecule has 0 aliphatic rings. The van der Waals surface area contributed by atoms with Crippen LogP contribution in [0.15, 0.2) is 0 Å². The molecule has 2 atom stereocenters. The monoisotopic (exact) mass is 1030 g/mol. The van der Waals surface area contributed by atoms with Crippen molar-refractivity contribution in [3.8, 4) is 0 Å². The summed E-state index contributed by atoms with van der Waals surface area (Å²) < 4.78 is 5.49. The second-order valence-electron chi connectivity index (χ2n) is 23.5. The standard InChI is InChI=1S/C67H133NO5/c1-3-5-7-9-11-13-15-36-41-45-49-53-57-61-67(72)73-62-58-54-50-46-42-38-35-33-31-29-27-25-23-21-19-17-16-18-20-22-24-26-28-30-32-34-37-40-44-48-52-56-60-66(71)68-64(63-69)65(70)59-55-51-47-43-39-14-12-10-8-6-4-2/h64-65,69-70H,3-63H2,1-2H3,(H,68,71). The minimum absolute atomic E-state index is 0.0236. The molecule has 0 aliphatic heterocycles. The van der Waals surface area contributed by atoms with Crippen LogP contribution in [0.5, 0.6) is 0 Å². The van der Waals surface area contributed by atoms with E-state index in [9.17, 15) is 19.8 Å². The molecule has 3 N–H and O–H groups in total. The maximum absolute atomic E-state index is 12.5. The highest BCUT2D eigenvalue weighted by Crippen LogP contribution is 2.19. The number of aliphatic hydroxyl groups is 2. The van der Waals surface area contributed by atoms with Crippen molar-refractivity contribution in [3.63, 3.8) is 0 Å². The number of aliphatic hydroxyl groups excluding tert-OH is 2. The van der Waals surface area contributed by atoms with E-state index >= 15 is 0 Å². The van der Waals surface area contributed by atoms with Crippen LogP contribution >= 0.6 is 0 Å². The van der Waals surface area contributed by atoms with Gasteiger partial charge in [0.15, 0.2) is 0 Å². The number of unbranched alkanes of at least 4 members (excludes halogenated alkanes) is 53. The van der Waals surface area contributed by atoms with Crippen molar-refractivity contribution in [1.29, 1.82) is 0 Å². The molecular weight excluding hydrogens is 899 g/mol. The molecule has 0 saturated heterocycles. The predicted molar refractivity (Wildman–Crippen MR) is 320 cm³/mol. The molecule has 0 heterocycles. The van der Waals surface area contributed by atoms with Crippen LogP contribution in [0, 0.1) is 0 Å². The SMILES string of the molecule is CCCCCCCCCCCCCCCC(=O)OCCCCCCCCCCCCCCCCCCCCCCCCCCCCCCCCCCC(=O)NC(CO)C(O)CCCCCCCCCCCCC. The van der Waals surface area contributed by atoms with Gasteiger partial charge in [0.05, 0.1) is 25.4 Å². The lowest BCUT2D eigenvalue weighted by Crippen LogP contribution is -2.45. The van der Waals surface area contributed by atoms with Gasteiger partial charge >= 0.3 is 5.97 Å². The summed E-state index contributed by atoms with van der Waals surface area (Å²) in [4.78, 5) is 24.5. The Morgan fingerprint density at radius 2 is 0.562 bits per heavy atom. The summed E-state index contributed by atoms with van der Waals surface area (Å²) in [5.74, 6) is -0.00535. The lowest BCUT2D eigenvalue weighted by Gasteiger charge is -2.22. The topological polar surface area (TPSA) is 95.9 Å². The molecule has 0 aromatic carbocycles. The van der Waals surface area contributed by atoms with E-state index in [2.05, 4.69) is 19.2 Å². The third-order valence-corrected chi connectivity index (χ3v) is 16.2. The summed E-state index contributed by atoms with van der Waals surface area (Å²) in [6, 6.07) is -0.535. The summed E-state index contributed by atoms with van der Waals surface area (Å²) in [5, 5.41) is 23.2. The maximum Gasteiger partial charge on any atom is 0.305 e. The first-order valence-electron chi connectivity index (χ1n) is 33.8. The Balaban J connectivity index is 3.28. The molecule has 436 valence electrons. The smallest absolute Gasteiger partial charge is 0.305 e. The van der Waals surface area contributed by atoms with Crippen molar-refractivity contribution in [2.24, 2.45) is 0 Å². The fraction of sp³-hybridized carbons (Fsp3) is 0.970. The average Bonchev–Trinajstić information content (AvgIpc) is 3.39. The first-order valence-corrected chi connectivity index (χ1v) is 33.8. The number of ether oxygens (including phenoxy) is 1. The van der Waals surface area contributed by atoms with E-state index in [1.165, 1.54) is 321 Å². The number of nitrogens with one attached hydrogen (secondary N) is 1. The number of carbonyl (C=O) groups is 2. The summed E-state index contributed by atoms with van der Waals surface area (Å²) in [7, 11) is 0. The van der Waals surface area contributed by atoms with E-state index in [4.69, 9.17) is 4.74 Å². The van der Waals surface area contributed by atoms with Gasteiger partial charge in [0.25, 0.3) is 0 Å². The van der Waals surface area contributed by atoms with Crippen molar-refractivity contribution >= 4 is 11.9 Å². The molecular formula is C67H133NO5. The summed E-state index contributed by atoms with van der Waals surface area (Å²) in [6.07, 6.45) is 75.9. The molecule has 73 heavy (non-hydrogen) atoms. The number of hydrogen-bond acceptors (Lipinski definition) is 5. The molecule has 0 aromatic heterocycles. The number of hydrogen-bond donors (Lipinski definition) is 3. The normalized spacial score (nSPS) is 12.4. The molecule has 0 aliphatic carbocycles. The number of amides is 1. The number of rotatable bonds is 64. The minimum atomic E-state index is -0.658. The van der Waals surface area contributed by atoms with E-state index in [1.54, 1.807) is 0 Å². The highest BCUT2D eigenvalue weighted by molar-refractivity contribution is 5.76. The van der Waals surface area contributed by atoms with Gasteiger partial charge in [0.1, 0.15) is 0 Å². The van der Waals surface area contributed by atoms with Gasteiger partial charge in [-0.1, -0.05) is 354 Å². The van der Waals surface area contributed by atoms with Gasteiger partial charge in [-0.2, -0.15) is 0 Å². The van der Waals surface area contributed by atoms with Crippen molar-refractivity contribution in [1.82, 2.24) is 5.32 Å². The van der Waals surface area contributed by atoms with Crippen molar-refractivity contribution < 1.29 is 24.5 Å². The summed E-state index contributed by atoms with van der Waals surface area (Å²) >= 11 is 0. The molecule has 6 heteroatoms. The Kier molecular flexibility index (Phi) is 62.4. The second kappa shape index (κ2) is 63.4. The van der Waals surface area contributed by atoms with Gasteiger partial charge in [-0.05, 0) is 25.7 Å². The Labute approximate surface area is 457 Å². The van der Waals surface area contributed by atoms with Crippen LogP contribution in [0.25, 0.3) is 0 Å². The Morgan fingerprint density at radius 3 is 0.836 bits per heavy atom. The fourth-order valence-electron chi connectivity index (χ4n) is 11.0. The summed E-state index contributed by atoms with van der Waals surface area (Å²) in [6.45, 7) is 4.98. The van der Waals surface area contributed by atoms with Gasteiger partial charge in [0.2, 0.25) is 5.91 Å². The first-order chi connectivity index (χ1) is 36.0. The van der Waals surface area contributed by atoms with Gasteiger partial charge in [-0.25, -0.2) is 0 Å². The lowest BCUT2D eigenvalue weighted by molar-refractivity contribution is -0.143. The van der Waals surface area contributed by atoms with Gasteiger partial charge in [-0.15, -0.1) is 0 Å². The predicted octanol–water partition coefficient (Wildman–Crippen LogP) is 21.4. The largest absolute Gasteiger partial charge is 0.466 e. The van der Waals surface area contributed by atoms with Crippen LogP contribution in [-0.4, -0.2) is 47.4 Å².